The lowest BCUT2D eigenvalue weighted by molar-refractivity contribution is -0.127. The van der Waals surface area contributed by atoms with Crippen LogP contribution in [0.1, 0.15) is 20.7 Å². The van der Waals surface area contributed by atoms with Gasteiger partial charge in [0.1, 0.15) is 5.82 Å². The van der Waals surface area contributed by atoms with E-state index in [0.29, 0.717) is 18.7 Å². The summed E-state index contributed by atoms with van der Waals surface area (Å²) in [4.78, 5) is 58.4. The lowest BCUT2D eigenvalue weighted by Gasteiger charge is -2.34. The highest BCUT2D eigenvalue weighted by molar-refractivity contribution is 6.45. The number of piperazine rings is 1. The van der Waals surface area contributed by atoms with Crippen molar-refractivity contribution >= 4 is 34.6 Å². The number of carbonyl (C=O) groups excluding carboxylic acids is 4. The van der Waals surface area contributed by atoms with E-state index in [2.05, 4.69) is 10.3 Å². The topological polar surface area (TPSA) is 115 Å². The number of ketones is 1. The standard InChI is InChI=1S/C26H28FN5O5/c1-30(2)11-10-28-26(36)37-20-9-8-19(27)21-18(16-29-22(20)21)23(33)25(35)32-14-12-31(13-15-32)24(34)17-6-4-3-5-7-17/h3-9,16,29H,10-15H2,1-2H3,(H,28,36). The molecule has 1 aliphatic rings. The number of nitrogens with one attached hydrogen (secondary N) is 2. The lowest BCUT2D eigenvalue weighted by atomic mass is 10.1. The predicted molar refractivity (Wildman–Crippen MR) is 134 cm³/mol. The Morgan fingerprint density at radius 1 is 1.00 bits per heavy atom. The Balaban J connectivity index is 1.43. The molecule has 2 aromatic carbocycles. The van der Waals surface area contributed by atoms with Gasteiger partial charge in [-0.2, -0.15) is 0 Å². The second kappa shape index (κ2) is 11.2. The number of carbonyl (C=O) groups is 4. The van der Waals surface area contributed by atoms with Crippen LogP contribution in [0.5, 0.6) is 5.75 Å². The number of H-pyrrole nitrogens is 1. The van der Waals surface area contributed by atoms with Gasteiger partial charge in [0.2, 0.25) is 0 Å². The molecule has 2 N–H and O–H groups in total. The fraction of sp³-hybridized carbons (Fsp3) is 0.308. The molecule has 11 heteroatoms. The van der Waals surface area contributed by atoms with Crippen molar-refractivity contribution < 1.29 is 28.3 Å². The highest BCUT2D eigenvalue weighted by Gasteiger charge is 2.31. The minimum atomic E-state index is -0.888. The summed E-state index contributed by atoms with van der Waals surface area (Å²) in [7, 11) is 3.72. The first-order chi connectivity index (χ1) is 17.8. The molecular weight excluding hydrogens is 481 g/mol. The Labute approximate surface area is 213 Å². The molecule has 1 aromatic heterocycles. The van der Waals surface area contributed by atoms with Crippen LogP contribution in [-0.4, -0.2) is 96.7 Å². The molecule has 3 aromatic rings. The van der Waals surface area contributed by atoms with Crippen LogP contribution in [0.2, 0.25) is 0 Å². The second-order valence-corrected chi connectivity index (χ2v) is 8.90. The van der Waals surface area contributed by atoms with E-state index in [1.54, 1.807) is 29.2 Å². The maximum Gasteiger partial charge on any atom is 0.412 e. The van der Waals surface area contributed by atoms with Crippen LogP contribution in [0, 0.1) is 5.82 Å². The van der Waals surface area contributed by atoms with Crippen molar-refractivity contribution in [3.05, 3.63) is 65.6 Å². The summed E-state index contributed by atoms with van der Waals surface area (Å²) >= 11 is 0. The van der Waals surface area contributed by atoms with Crippen molar-refractivity contribution in [2.24, 2.45) is 0 Å². The van der Waals surface area contributed by atoms with Gasteiger partial charge in [0.05, 0.1) is 16.5 Å². The Kier molecular flexibility index (Phi) is 7.83. The fourth-order valence-corrected chi connectivity index (χ4v) is 4.10. The van der Waals surface area contributed by atoms with Gasteiger partial charge in [-0.05, 0) is 38.4 Å². The van der Waals surface area contributed by atoms with Gasteiger partial charge in [-0.25, -0.2) is 9.18 Å². The molecule has 3 amide bonds. The van der Waals surface area contributed by atoms with E-state index in [1.165, 1.54) is 17.2 Å². The largest absolute Gasteiger partial charge is 0.412 e. The average molecular weight is 510 g/mol. The number of aromatic nitrogens is 1. The molecule has 1 saturated heterocycles. The SMILES string of the molecule is CN(C)CCNC(=O)Oc1ccc(F)c2c(C(=O)C(=O)N3CCN(C(=O)c4ccccc4)CC3)c[nH]c12. The van der Waals surface area contributed by atoms with Gasteiger partial charge in [-0.1, -0.05) is 18.2 Å². The highest BCUT2D eigenvalue weighted by Crippen LogP contribution is 2.30. The Morgan fingerprint density at radius 3 is 2.35 bits per heavy atom. The zero-order chi connectivity index (χ0) is 26.5. The summed E-state index contributed by atoms with van der Waals surface area (Å²) < 4.78 is 20.0. The monoisotopic (exact) mass is 509 g/mol. The number of aromatic amines is 1. The van der Waals surface area contributed by atoms with Gasteiger partial charge in [0, 0.05) is 51.0 Å². The Bertz CT molecular complexity index is 1320. The van der Waals surface area contributed by atoms with E-state index in [4.69, 9.17) is 4.74 Å². The molecular formula is C26H28FN5O5. The van der Waals surface area contributed by atoms with Crippen molar-refractivity contribution in [2.45, 2.75) is 0 Å². The minimum Gasteiger partial charge on any atom is -0.408 e. The maximum absolute atomic E-state index is 14.8. The molecule has 0 saturated carbocycles. The second-order valence-electron chi connectivity index (χ2n) is 8.90. The Hall–Kier alpha value is -4.25. The van der Waals surface area contributed by atoms with Crippen molar-refractivity contribution in [1.29, 1.82) is 0 Å². The summed E-state index contributed by atoms with van der Waals surface area (Å²) in [5.74, 6) is -2.53. The zero-order valence-electron chi connectivity index (χ0n) is 20.6. The molecule has 2 heterocycles. The minimum absolute atomic E-state index is 0.0262. The number of hydrogen-bond donors (Lipinski definition) is 2. The van der Waals surface area contributed by atoms with Gasteiger partial charge < -0.3 is 29.7 Å². The summed E-state index contributed by atoms with van der Waals surface area (Å²) in [6.45, 7) is 1.85. The van der Waals surface area contributed by atoms with Gasteiger partial charge in [-0.15, -0.1) is 0 Å². The number of rotatable bonds is 7. The van der Waals surface area contributed by atoms with Crippen LogP contribution in [0.15, 0.2) is 48.7 Å². The summed E-state index contributed by atoms with van der Waals surface area (Å²) in [6, 6.07) is 11.2. The first kappa shape index (κ1) is 25.8. The number of ether oxygens (including phenoxy) is 1. The van der Waals surface area contributed by atoms with Crippen molar-refractivity contribution in [1.82, 2.24) is 25.0 Å². The van der Waals surface area contributed by atoms with Crippen LogP contribution in [0.4, 0.5) is 9.18 Å². The molecule has 10 nitrogen and oxygen atoms in total. The third-order valence-electron chi connectivity index (χ3n) is 6.09. The highest BCUT2D eigenvalue weighted by atomic mass is 19.1. The van der Waals surface area contributed by atoms with E-state index in [-0.39, 0.29) is 54.3 Å². The van der Waals surface area contributed by atoms with Crippen LogP contribution < -0.4 is 10.1 Å². The van der Waals surface area contributed by atoms with Crippen molar-refractivity contribution in [3.8, 4) is 5.75 Å². The first-order valence-electron chi connectivity index (χ1n) is 11.8. The first-order valence-corrected chi connectivity index (χ1v) is 11.8. The number of benzene rings is 2. The van der Waals surface area contributed by atoms with Gasteiger partial charge in [0.25, 0.3) is 17.6 Å². The normalized spacial score (nSPS) is 13.6. The molecule has 1 aliphatic heterocycles. The summed E-state index contributed by atoms with van der Waals surface area (Å²) in [5.41, 5.74) is 0.493. The van der Waals surface area contributed by atoms with Crippen LogP contribution in [0.3, 0.4) is 0 Å². The molecule has 0 spiro atoms. The third-order valence-corrected chi connectivity index (χ3v) is 6.09. The molecule has 4 rings (SSSR count). The van der Waals surface area contributed by atoms with Crippen molar-refractivity contribution in [2.75, 3.05) is 53.4 Å². The zero-order valence-corrected chi connectivity index (χ0v) is 20.6. The fourth-order valence-electron chi connectivity index (χ4n) is 4.10. The number of amides is 3. The van der Waals surface area contributed by atoms with Gasteiger partial charge in [0.15, 0.2) is 5.75 Å². The van der Waals surface area contributed by atoms with E-state index < -0.39 is 23.6 Å². The van der Waals surface area contributed by atoms with Gasteiger partial charge in [-0.3, -0.25) is 14.4 Å². The lowest BCUT2D eigenvalue weighted by Crippen LogP contribution is -2.52. The molecule has 194 valence electrons. The smallest absolute Gasteiger partial charge is 0.408 e. The number of Topliss-reactive ketones (excluding diaryl/α,β-unsaturated/α-hetero) is 1. The van der Waals surface area contributed by atoms with Crippen LogP contribution in [0.25, 0.3) is 10.9 Å². The Morgan fingerprint density at radius 2 is 1.68 bits per heavy atom. The van der Waals surface area contributed by atoms with E-state index in [0.717, 1.165) is 6.07 Å². The number of halogens is 1. The van der Waals surface area contributed by atoms with Crippen molar-refractivity contribution in [3.63, 3.8) is 0 Å². The average Bonchev–Trinajstić information content (AvgIpc) is 3.36. The summed E-state index contributed by atoms with van der Waals surface area (Å²) in [5, 5.41) is 2.46. The molecule has 1 fully saturated rings. The quantitative estimate of drug-likeness (QED) is 0.373. The molecule has 0 unspecified atom stereocenters. The molecule has 0 radical (unpaired) electrons. The number of fused-ring (bicyclic) bond motifs is 1. The number of likely N-dealkylation sites (N-methyl/N-ethyl adjacent to an activating group) is 1. The number of nitrogens with zero attached hydrogens (tertiary/aromatic N) is 3. The molecule has 37 heavy (non-hydrogen) atoms. The van der Waals surface area contributed by atoms with E-state index >= 15 is 0 Å². The third kappa shape index (κ3) is 5.78. The predicted octanol–water partition coefficient (Wildman–Crippen LogP) is 2.12. The summed E-state index contributed by atoms with van der Waals surface area (Å²) in [6.07, 6.45) is 0.510. The van der Waals surface area contributed by atoms with Gasteiger partial charge >= 0.3 is 6.09 Å². The maximum atomic E-state index is 14.8. The molecule has 0 atom stereocenters. The van der Waals surface area contributed by atoms with E-state index in [1.807, 2.05) is 25.1 Å². The van der Waals surface area contributed by atoms with Crippen LogP contribution in [-0.2, 0) is 4.79 Å². The molecule has 0 bridgehead atoms. The van der Waals surface area contributed by atoms with Crippen LogP contribution >= 0.6 is 0 Å². The molecule has 0 aliphatic carbocycles. The number of hydrogen-bond acceptors (Lipinski definition) is 6. The van der Waals surface area contributed by atoms with E-state index in [9.17, 15) is 23.6 Å².